The third-order valence-electron chi connectivity index (χ3n) is 6.31. The summed E-state index contributed by atoms with van der Waals surface area (Å²) in [6.07, 6.45) is -14.6. The van der Waals surface area contributed by atoms with Gasteiger partial charge in [0.1, 0.15) is 42.4 Å². The first-order valence-corrected chi connectivity index (χ1v) is 13.4. The van der Waals surface area contributed by atoms with Gasteiger partial charge in [0.2, 0.25) is 5.91 Å². The largest absolute Gasteiger partial charge is 0.477 e. The number of ether oxygens (including phenoxy) is 2. The van der Waals surface area contributed by atoms with Gasteiger partial charge in [-0.2, -0.15) is 4.98 Å². The SMILES string of the molecule is [14CH3]C(=O)N[C@H]1[C@H]([C@H](O)[C@H](O)CO)O[C@](OP(=[18O])([18OH])OC[C@H]2O[C@@H](n3ccc(N)nc3=O)[C@H](O)[C@@H]2O)(C(=O)O)C[C@@H]1O. The average molecular weight is 620 g/mol. The van der Waals surface area contributed by atoms with Crippen molar-refractivity contribution in [2.45, 2.75) is 74.1 Å². The molecule has 0 radical (unpaired) electrons. The predicted molar refractivity (Wildman–Crippen MR) is 128 cm³/mol. The number of nitrogens with two attached hydrogens (primary N) is 1. The normalized spacial score (nSPS) is 34.9. The van der Waals surface area contributed by atoms with E-state index in [0.717, 1.165) is 17.7 Å². The number of carboxylic acid groups (broad SMARTS) is 1. The van der Waals surface area contributed by atoms with Gasteiger partial charge in [0.25, 0.3) is 5.79 Å². The zero-order chi connectivity index (χ0) is 30.9. The highest BCUT2D eigenvalue weighted by molar-refractivity contribution is 7.47. The van der Waals surface area contributed by atoms with Crippen LogP contribution < -0.4 is 16.7 Å². The van der Waals surface area contributed by atoms with Gasteiger partial charge in [0.05, 0.1) is 25.4 Å². The molecule has 2 fully saturated rings. The molecule has 2 aliphatic heterocycles. The van der Waals surface area contributed by atoms with Gasteiger partial charge in [0, 0.05) is 19.5 Å². The number of aliphatic carboxylic acids is 1. The minimum absolute atomic E-state index is 0.135. The third-order valence-corrected chi connectivity index (χ3v) is 7.32. The van der Waals surface area contributed by atoms with Gasteiger partial charge in [-0.25, -0.2) is 18.7 Å². The van der Waals surface area contributed by atoms with Crippen molar-refractivity contribution >= 4 is 25.5 Å². The van der Waals surface area contributed by atoms with Crippen LogP contribution in [0.15, 0.2) is 17.1 Å². The number of carboxylic acids is 1. The molecule has 0 spiro atoms. The Morgan fingerprint density at radius 3 is 2.59 bits per heavy atom. The molecule has 20 nitrogen and oxygen atoms in total. The molecule has 232 valence electrons. The predicted octanol–water partition coefficient (Wildman–Crippen LogP) is -5.27. The lowest BCUT2D eigenvalue weighted by atomic mass is 9.89. The second-order valence-corrected chi connectivity index (χ2v) is 10.7. The molecule has 0 bridgehead atoms. The summed E-state index contributed by atoms with van der Waals surface area (Å²) in [6, 6.07) is -0.362. The number of carbonyl (C=O) groups is 2. The van der Waals surface area contributed by atoms with E-state index in [9.17, 15) is 59.6 Å². The molecule has 2 saturated heterocycles. The Morgan fingerprint density at radius 2 is 2.02 bits per heavy atom. The molecule has 0 aliphatic carbocycles. The summed E-state index contributed by atoms with van der Waals surface area (Å²) >= 11 is 0. The van der Waals surface area contributed by atoms with Crippen molar-refractivity contribution in [1.82, 2.24) is 14.9 Å². The Balaban J connectivity index is 1.79. The summed E-state index contributed by atoms with van der Waals surface area (Å²) in [5.41, 5.74) is 4.46. The van der Waals surface area contributed by atoms with Crippen LogP contribution in [-0.2, 0) is 32.7 Å². The van der Waals surface area contributed by atoms with E-state index in [0.29, 0.717) is 0 Å². The fourth-order valence-electron chi connectivity index (χ4n) is 4.32. The number of aliphatic hydroxyl groups excluding tert-OH is 6. The Hall–Kier alpha value is -2.59. The van der Waals surface area contributed by atoms with Crippen molar-refractivity contribution in [3.05, 3.63) is 22.7 Å². The molecule has 3 rings (SSSR count). The van der Waals surface area contributed by atoms with E-state index in [-0.39, 0.29) is 5.82 Å². The molecular formula is C20H31N4O16P. The highest BCUT2D eigenvalue weighted by Gasteiger charge is 2.59. The van der Waals surface area contributed by atoms with E-state index in [1.807, 2.05) is 0 Å². The maximum Gasteiger partial charge on any atom is 0.475 e. The van der Waals surface area contributed by atoms with Gasteiger partial charge < -0.3 is 61.2 Å². The van der Waals surface area contributed by atoms with Gasteiger partial charge in [-0.05, 0) is 6.07 Å². The number of hydrogen-bond donors (Lipinski definition) is 10. The van der Waals surface area contributed by atoms with Crippen LogP contribution in [0.5, 0.6) is 0 Å². The molecule has 41 heavy (non-hydrogen) atoms. The number of hydrogen-bond acceptors (Lipinski definition) is 16. The summed E-state index contributed by atoms with van der Waals surface area (Å²) in [4.78, 5) is 49.6. The molecule has 0 aromatic carbocycles. The molecular weight excluding hydrogens is 589 g/mol. The smallest absolute Gasteiger partial charge is 0.475 e. The first-order chi connectivity index (χ1) is 19.0. The number of nitrogens with one attached hydrogen (secondary N) is 1. The Kier molecular flexibility index (Phi) is 10.2. The fourth-order valence-corrected chi connectivity index (χ4v) is 5.27. The molecule has 11 atom stereocenters. The molecule has 2 aliphatic rings. The van der Waals surface area contributed by atoms with Crippen LogP contribution in [0.4, 0.5) is 5.82 Å². The minimum Gasteiger partial charge on any atom is -0.477 e. The van der Waals surface area contributed by atoms with Gasteiger partial charge >= 0.3 is 19.5 Å². The summed E-state index contributed by atoms with van der Waals surface area (Å²) in [5.74, 6) is -6.20. The third kappa shape index (κ3) is 7.25. The topological polar surface area (TPSA) is 323 Å². The number of aromatic nitrogens is 2. The Bertz CT molecular complexity index is 1220. The Morgan fingerprint density at radius 1 is 1.37 bits per heavy atom. The van der Waals surface area contributed by atoms with Crippen LogP contribution in [0.3, 0.4) is 0 Å². The number of anilines is 1. The van der Waals surface area contributed by atoms with Crippen molar-refractivity contribution < 1.29 is 73.3 Å². The monoisotopic (exact) mass is 620 g/mol. The summed E-state index contributed by atoms with van der Waals surface area (Å²) < 4.78 is 33.7. The molecule has 3 heterocycles. The first kappa shape index (κ1) is 32.9. The number of nitrogen functional groups attached to an aromatic ring is 1. The van der Waals surface area contributed by atoms with E-state index in [4.69, 9.17) is 24.3 Å². The number of phosphoric acid groups is 1. The quantitative estimate of drug-likeness (QED) is 0.0815. The number of amides is 1. The van der Waals surface area contributed by atoms with E-state index in [1.54, 1.807) is 0 Å². The van der Waals surface area contributed by atoms with Crippen molar-refractivity contribution in [3.63, 3.8) is 0 Å². The number of carbonyl (C=O) groups excluding carboxylic acids is 1. The van der Waals surface area contributed by atoms with Crippen LogP contribution in [0.25, 0.3) is 0 Å². The lowest BCUT2D eigenvalue weighted by Crippen LogP contribution is -2.67. The van der Waals surface area contributed by atoms with E-state index in [1.165, 1.54) is 6.07 Å². The van der Waals surface area contributed by atoms with Gasteiger partial charge in [0.15, 0.2) is 6.23 Å². The van der Waals surface area contributed by atoms with Crippen molar-refractivity contribution in [2.24, 2.45) is 0 Å². The number of aliphatic hydroxyl groups is 6. The summed E-state index contributed by atoms with van der Waals surface area (Å²) in [5, 5.41) is 72.7. The van der Waals surface area contributed by atoms with Gasteiger partial charge in [-0.1, -0.05) is 0 Å². The summed E-state index contributed by atoms with van der Waals surface area (Å²) in [7, 11) is -5.52. The van der Waals surface area contributed by atoms with E-state index >= 15 is 0 Å². The number of rotatable bonds is 11. The summed E-state index contributed by atoms with van der Waals surface area (Å²) in [6.45, 7) is -1.05. The molecule has 1 aromatic rings. The fraction of sp³-hybridized carbons (Fsp3) is 0.700. The van der Waals surface area contributed by atoms with E-state index in [2.05, 4.69) is 10.3 Å². The average Bonchev–Trinajstić information content (AvgIpc) is 3.16. The van der Waals surface area contributed by atoms with Gasteiger partial charge in [-0.15, -0.1) is 0 Å². The van der Waals surface area contributed by atoms with Crippen LogP contribution in [0.2, 0.25) is 0 Å². The molecule has 1 unspecified atom stereocenters. The standard InChI is InChI=1S/C20H31N4O16P/c1-7(26)22-12-8(27)4-20(18(32)33,39-16(12)13(29)9(28)5-25)40-41(35,36)37-6-10-14(30)15(31)17(38-10)24-3-2-11(21)23-19(24)34/h2-3,8-10,12-17,25,27-31H,4-6H2,1H3,(H,22,26)(H,32,33)(H,35,36)(H2,21,23,34)/t8-,9+,10+,12+,13+,14+,15+,16+,17+,20+/m0/s1/i1+2,35+2,36+2. The molecule has 11 N–H and O–H groups in total. The molecule has 0 saturated carbocycles. The van der Waals surface area contributed by atoms with Crippen molar-refractivity contribution in [1.29, 1.82) is 0 Å². The lowest BCUT2D eigenvalue weighted by Gasteiger charge is -2.46. The van der Waals surface area contributed by atoms with Crippen LogP contribution in [0.1, 0.15) is 19.6 Å². The molecule has 21 heteroatoms. The first-order valence-electron chi connectivity index (χ1n) is 11.9. The molecule has 1 amide bonds. The van der Waals surface area contributed by atoms with Crippen molar-refractivity contribution in [3.8, 4) is 0 Å². The second-order valence-electron chi connectivity index (χ2n) is 9.32. The second kappa shape index (κ2) is 12.7. The van der Waals surface area contributed by atoms with Crippen LogP contribution >= 0.6 is 7.82 Å². The van der Waals surface area contributed by atoms with Crippen molar-refractivity contribution in [2.75, 3.05) is 18.9 Å². The zero-order valence-electron chi connectivity index (χ0n) is 21.2. The lowest BCUT2D eigenvalue weighted by molar-refractivity contribution is -0.289. The minimum atomic E-state index is -5.52. The highest BCUT2D eigenvalue weighted by atomic mass is 31.2. The molecule has 1 aromatic heterocycles. The van der Waals surface area contributed by atoms with Crippen LogP contribution in [0, 0.1) is 0 Å². The zero-order valence-corrected chi connectivity index (χ0v) is 22.1. The maximum absolute atomic E-state index is 12.8. The van der Waals surface area contributed by atoms with E-state index < -0.39 is 106 Å². The highest BCUT2D eigenvalue weighted by Crippen LogP contribution is 2.51. The number of nitrogens with zero attached hydrogens (tertiary/aromatic N) is 2. The van der Waals surface area contributed by atoms with Crippen LogP contribution in [-0.4, -0.2) is 130 Å². The Labute approximate surface area is 230 Å². The maximum atomic E-state index is 12.8. The van der Waals surface area contributed by atoms with Gasteiger partial charge in [-0.3, -0.25) is 13.9 Å². The number of phosphoric ester groups is 1.